The predicted octanol–water partition coefficient (Wildman–Crippen LogP) is 3.98. The van der Waals surface area contributed by atoms with Crippen LogP contribution in [0.2, 0.25) is 0 Å². The van der Waals surface area contributed by atoms with Crippen molar-refractivity contribution in [2.45, 2.75) is 58.8 Å². The molecule has 1 N–H and O–H groups in total. The molecule has 0 bridgehead atoms. The second kappa shape index (κ2) is 6.33. The molecule has 0 radical (unpaired) electrons. The summed E-state index contributed by atoms with van der Waals surface area (Å²) >= 11 is 0. The highest BCUT2D eigenvalue weighted by Gasteiger charge is 2.60. The van der Waals surface area contributed by atoms with Crippen LogP contribution >= 0.6 is 0 Å². The lowest BCUT2D eigenvalue weighted by molar-refractivity contribution is -0.135. The predicted molar refractivity (Wildman–Crippen MR) is 99.9 cm³/mol. The highest BCUT2D eigenvalue weighted by atomic mass is 16.6. The van der Waals surface area contributed by atoms with Crippen molar-refractivity contribution in [3.05, 3.63) is 24.4 Å². The van der Waals surface area contributed by atoms with Crippen LogP contribution in [0.15, 0.2) is 24.4 Å². The molecular formula is C22H31NO3. The van der Waals surface area contributed by atoms with E-state index in [4.69, 9.17) is 4.84 Å². The first-order valence-electron chi connectivity index (χ1n) is 10.2. The van der Waals surface area contributed by atoms with Crippen molar-refractivity contribution in [1.29, 1.82) is 0 Å². The fourth-order valence-electron chi connectivity index (χ4n) is 6.64. The number of rotatable bonds is 4. The van der Waals surface area contributed by atoms with Gasteiger partial charge in [-0.3, -0.25) is 19.9 Å². The molecule has 4 aliphatic carbocycles. The Morgan fingerprint density at radius 1 is 1.23 bits per heavy atom. The molecule has 0 aromatic carbocycles. The number of carbonyl (C=O) groups excluding carboxylic acids is 2. The van der Waals surface area contributed by atoms with Gasteiger partial charge in [0.05, 0.1) is 6.61 Å². The second-order valence-electron chi connectivity index (χ2n) is 9.33. The standard InChI is InChI=1S/C22H31NO3/c1-4-11-26-23-19-13-15-16-5-6-20(25)22(16,3)10-8-17(15)21(2)9-7-14(24)12-18(19)21/h4,13,15-18,23H,1,5-12H2,2-3H3/t15-,16-,17-,18?,21+,22-/m0/s1. The van der Waals surface area contributed by atoms with Gasteiger partial charge in [0.1, 0.15) is 11.6 Å². The average Bonchev–Trinajstić information content (AvgIpc) is 2.92. The van der Waals surface area contributed by atoms with Crippen LogP contribution in [-0.4, -0.2) is 18.2 Å². The maximum Gasteiger partial charge on any atom is 0.139 e. The zero-order chi connectivity index (χ0) is 18.5. The van der Waals surface area contributed by atoms with Gasteiger partial charge < -0.3 is 0 Å². The van der Waals surface area contributed by atoms with Gasteiger partial charge in [-0.2, -0.15) is 0 Å². The van der Waals surface area contributed by atoms with Gasteiger partial charge in [0.25, 0.3) is 0 Å². The summed E-state index contributed by atoms with van der Waals surface area (Å²) in [4.78, 5) is 30.4. The van der Waals surface area contributed by atoms with Gasteiger partial charge in [-0.25, -0.2) is 0 Å². The van der Waals surface area contributed by atoms with E-state index >= 15 is 0 Å². The fraction of sp³-hybridized carbons (Fsp3) is 0.727. The fourth-order valence-corrected chi connectivity index (χ4v) is 6.64. The average molecular weight is 357 g/mol. The third kappa shape index (κ3) is 2.52. The van der Waals surface area contributed by atoms with Crippen LogP contribution in [0.4, 0.5) is 0 Å². The minimum Gasteiger partial charge on any atom is -0.300 e. The van der Waals surface area contributed by atoms with E-state index in [9.17, 15) is 9.59 Å². The lowest BCUT2D eigenvalue weighted by Gasteiger charge is -2.58. The zero-order valence-corrected chi connectivity index (χ0v) is 16.1. The Morgan fingerprint density at radius 2 is 2.04 bits per heavy atom. The summed E-state index contributed by atoms with van der Waals surface area (Å²) in [5, 5.41) is 0. The van der Waals surface area contributed by atoms with Crippen molar-refractivity contribution in [3.8, 4) is 0 Å². The van der Waals surface area contributed by atoms with Gasteiger partial charge in [0, 0.05) is 36.3 Å². The molecule has 0 spiro atoms. The van der Waals surface area contributed by atoms with Gasteiger partial charge >= 0.3 is 0 Å². The largest absolute Gasteiger partial charge is 0.300 e. The number of ketones is 2. The molecule has 142 valence electrons. The first kappa shape index (κ1) is 18.0. The summed E-state index contributed by atoms with van der Waals surface area (Å²) < 4.78 is 0. The SMILES string of the molecule is C=CCONC1=C[C@@H]2[C@H](CC[C@]3(C)C(=O)CC[C@@H]23)[C@@]2(C)CCC(=O)CC12. The number of fused-ring (bicyclic) bond motifs is 5. The number of hydrogen-bond donors (Lipinski definition) is 1. The van der Waals surface area contributed by atoms with Crippen LogP contribution in [0.5, 0.6) is 0 Å². The lowest BCUT2D eigenvalue weighted by Crippen LogP contribution is -2.54. The molecule has 0 amide bonds. The monoisotopic (exact) mass is 357 g/mol. The lowest BCUT2D eigenvalue weighted by atomic mass is 9.46. The number of hydroxylamine groups is 1. The maximum atomic E-state index is 12.6. The summed E-state index contributed by atoms with van der Waals surface area (Å²) in [5.41, 5.74) is 4.18. The van der Waals surface area contributed by atoms with Gasteiger partial charge in [0.2, 0.25) is 0 Å². The topological polar surface area (TPSA) is 55.4 Å². The van der Waals surface area contributed by atoms with Crippen molar-refractivity contribution in [1.82, 2.24) is 5.48 Å². The Kier molecular flexibility index (Phi) is 4.37. The number of Topliss-reactive ketones (excluding diaryl/α,β-unsaturated/α-hetero) is 2. The quantitative estimate of drug-likeness (QED) is 0.470. The van der Waals surface area contributed by atoms with Crippen molar-refractivity contribution in [3.63, 3.8) is 0 Å². The van der Waals surface area contributed by atoms with Crippen molar-refractivity contribution in [2.24, 2.45) is 34.5 Å². The first-order chi connectivity index (χ1) is 12.4. The molecule has 1 unspecified atom stereocenters. The van der Waals surface area contributed by atoms with Crippen LogP contribution in [0.3, 0.4) is 0 Å². The first-order valence-corrected chi connectivity index (χ1v) is 10.2. The molecule has 4 rings (SSSR count). The van der Waals surface area contributed by atoms with E-state index in [0.717, 1.165) is 37.8 Å². The molecule has 0 aromatic rings. The number of nitrogens with one attached hydrogen (secondary N) is 1. The van der Waals surface area contributed by atoms with E-state index < -0.39 is 0 Å². The Balaban J connectivity index is 1.72. The van der Waals surface area contributed by atoms with Crippen LogP contribution in [0, 0.1) is 34.5 Å². The summed E-state index contributed by atoms with van der Waals surface area (Å²) in [7, 11) is 0. The minimum absolute atomic E-state index is 0.111. The normalized spacial score (nSPS) is 44.6. The number of carbonyl (C=O) groups is 2. The van der Waals surface area contributed by atoms with E-state index in [-0.39, 0.29) is 16.7 Å². The summed E-state index contributed by atoms with van der Waals surface area (Å²) in [6.07, 6.45) is 10.2. The number of hydrogen-bond acceptors (Lipinski definition) is 4. The van der Waals surface area contributed by atoms with Gasteiger partial charge in [-0.15, -0.1) is 6.58 Å². The van der Waals surface area contributed by atoms with Crippen LogP contribution in [-0.2, 0) is 14.4 Å². The van der Waals surface area contributed by atoms with E-state index in [1.807, 2.05) is 0 Å². The third-order valence-corrected chi connectivity index (χ3v) is 8.20. The van der Waals surface area contributed by atoms with Crippen LogP contribution in [0.25, 0.3) is 0 Å². The Labute approximate surface area is 156 Å². The maximum absolute atomic E-state index is 12.6. The molecule has 0 aromatic heterocycles. The van der Waals surface area contributed by atoms with Gasteiger partial charge in [0.15, 0.2) is 0 Å². The Morgan fingerprint density at radius 3 is 2.81 bits per heavy atom. The summed E-state index contributed by atoms with van der Waals surface area (Å²) in [6, 6.07) is 0. The van der Waals surface area contributed by atoms with E-state index in [0.29, 0.717) is 48.8 Å². The van der Waals surface area contributed by atoms with Crippen molar-refractivity contribution in [2.75, 3.05) is 6.61 Å². The molecule has 4 aliphatic rings. The number of allylic oxidation sites excluding steroid dienone is 2. The molecule has 3 fully saturated rings. The second-order valence-corrected chi connectivity index (χ2v) is 9.33. The summed E-state index contributed by atoms with van der Waals surface area (Å²) in [6.45, 7) is 8.70. The molecule has 3 saturated carbocycles. The van der Waals surface area contributed by atoms with Gasteiger partial charge in [-0.05, 0) is 48.9 Å². The smallest absolute Gasteiger partial charge is 0.139 e. The van der Waals surface area contributed by atoms with Crippen LogP contribution < -0.4 is 5.48 Å². The van der Waals surface area contributed by atoms with Crippen LogP contribution in [0.1, 0.15) is 58.8 Å². The Hall–Kier alpha value is -1.42. The van der Waals surface area contributed by atoms with Crippen molar-refractivity contribution < 1.29 is 14.4 Å². The summed E-state index contributed by atoms with van der Waals surface area (Å²) in [5.74, 6) is 2.42. The molecule has 0 saturated heterocycles. The highest BCUT2D eigenvalue weighted by Crippen LogP contribution is 2.64. The van der Waals surface area contributed by atoms with E-state index in [1.165, 1.54) is 0 Å². The molecular weight excluding hydrogens is 326 g/mol. The molecule has 6 atom stereocenters. The molecule has 0 aliphatic heterocycles. The van der Waals surface area contributed by atoms with Gasteiger partial charge in [-0.1, -0.05) is 26.0 Å². The van der Waals surface area contributed by atoms with E-state index in [1.54, 1.807) is 6.08 Å². The van der Waals surface area contributed by atoms with E-state index in [2.05, 4.69) is 32.0 Å². The minimum atomic E-state index is -0.154. The molecule has 4 nitrogen and oxygen atoms in total. The molecule has 26 heavy (non-hydrogen) atoms. The van der Waals surface area contributed by atoms with Crippen molar-refractivity contribution >= 4 is 11.6 Å². The highest BCUT2D eigenvalue weighted by molar-refractivity contribution is 5.87. The zero-order valence-electron chi connectivity index (χ0n) is 16.1. The Bertz CT molecular complexity index is 668. The molecule has 0 heterocycles. The molecule has 4 heteroatoms. The third-order valence-electron chi connectivity index (χ3n) is 8.20.